The molecule has 0 spiro atoms. The van der Waals surface area contributed by atoms with Crippen molar-refractivity contribution in [3.8, 4) is 0 Å². The highest BCUT2D eigenvalue weighted by molar-refractivity contribution is 5.71. The minimum Gasteiger partial charge on any atom is -0.462 e. The van der Waals surface area contributed by atoms with Crippen LogP contribution >= 0.6 is 0 Å². The molecule has 0 aliphatic rings. The van der Waals surface area contributed by atoms with E-state index in [1.54, 1.807) is 0 Å². The summed E-state index contributed by atoms with van der Waals surface area (Å²) in [5.41, 5.74) is 0. The van der Waals surface area contributed by atoms with Crippen LogP contribution in [0.5, 0.6) is 0 Å². The van der Waals surface area contributed by atoms with Crippen LogP contribution in [-0.4, -0.2) is 37.2 Å². The van der Waals surface area contributed by atoms with Crippen molar-refractivity contribution in [2.24, 2.45) is 0 Å². The molecule has 0 bridgehead atoms. The fraction of sp³-hybridized carbons (Fsp3) is 0.787. The summed E-state index contributed by atoms with van der Waals surface area (Å²) in [6.45, 7) is 6.58. The number of ether oxygens (including phenoxy) is 3. The van der Waals surface area contributed by atoms with Gasteiger partial charge in [0.2, 0.25) is 0 Å². The van der Waals surface area contributed by atoms with Crippen molar-refractivity contribution in [2.45, 2.75) is 297 Å². The molecule has 0 N–H and O–H groups in total. The molecule has 0 amide bonds. The average Bonchev–Trinajstić information content (AvgIpc) is 3.33. The molecule has 0 aromatic rings. The zero-order valence-corrected chi connectivity index (χ0v) is 44.4. The first-order valence-corrected chi connectivity index (χ1v) is 28.8. The number of hydrogen-bond donors (Lipinski definition) is 0. The van der Waals surface area contributed by atoms with Gasteiger partial charge in [0.05, 0.1) is 0 Å². The minimum atomic E-state index is -0.786. The maximum Gasteiger partial charge on any atom is 0.306 e. The van der Waals surface area contributed by atoms with Crippen molar-refractivity contribution in [1.82, 2.24) is 0 Å². The van der Waals surface area contributed by atoms with Gasteiger partial charge in [-0.2, -0.15) is 0 Å². The van der Waals surface area contributed by atoms with Crippen LogP contribution in [0.15, 0.2) is 60.8 Å². The summed E-state index contributed by atoms with van der Waals surface area (Å²) in [4.78, 5) is 38.1. The van der Waals surface area contributed by atoms with Gasteiger partial charge < -0.3 is 14.2 Å². The molecule has 0 rings (SSSR count). The number of carbonyl (C=O) groups is 3. The van der Waals surface area contributed by atoms with Gasteiger partial charge in [0.1, 0.15) is 13.2 Å². The lowest BCUT2D eigenvalue weighted by Gasteiger charge is -2.18. The van der Waals surface area contributed by atoms with Gasteiger partial charge in [0.15, 0.2) is 6.10 Å². The van der Waals surface area contributed by atoms with Crippen LogP contribution in [-0.2, 0) is 28.6 Å². The molecule has 0 aliphatic carbocycles. The Kier molecular flexibility index (Phi) is 53.3. The van der Waals surface area contributed by atoms with Gasteiger partial charge in [-0.05, 0) is 109 Å². The number of esters is 3. The zero-order chi connectivity index (χ0) is 48.6. The molecule has 0 unspecified atom stereocenters. The SMILES string of the molecule is CCCCC/C=C\C/C=C\CCCCCCCCCCCC(=O)OC[C@@H](COC(=O)CCCCCCC/C=C\CCCCCCCC)OC(=O)CCCCCCC/C=C\C/C=C\CCCCC. The lowest BCUT2D eigenvalue weighted by molar-refractivity contribution is -0.167. The van der Waals surface area contributed by atoms with E-state index in [2.05, 4.69) is 81.5 Å². The molecule has 388 valence electrons. The minimum absolute atomic E-state index is 0.0839. The quantitative estimate of drug-likeness (QED) is 0.0262. The van der Waals surface area contributed by atoms with Crippen molar-refractivity contribution in [2.75, 3.05) is 13.2 Å². The summed E-state index contributed by atoms with van der Waals surface area (Å²) < 4.78 is 16.9. The van der Waals surface area contributed by atoms with Crippen molar-refractivity contribution in [3.63, 3.8) is 0 Å². The Morgan fingerprint density at radius 3 is 0.866 bits per heavy atom. The van der Waals surface area contributed by atoms with Gasteiger partial charge in [-0.15, -0.1) is 0 Å². The largest absolute Gasteiger partial charge is 0.462 e. The molecular formula is C61H108O6. The summed E-state index contributed by atoms with van der Waals surface area (Å²) in [6, 6.07) is 0. The fourth-order valence-electron chi connectivity index (χ4n) is 8.09. The van der Waals surface area contributed by atoms with Crippen LogP contribution in [0.1, 0.15) is 290 Å². The van der Waals surface area contributed by atoms with E-state index >= 15 is 0 Å². The number of unbranched alkanes of at least 4 members (excludes halogenated alkanes) is 31. The Morgan fingerprint density at radius 2 is 0.537 bits per heavy atom. The second kappa shape index (κ2) is 55.7. The molecule has 0 saturated carbocycles. The van der Waals surface area contributed by atoms with Crippen LogP contribution in [0.25, 0.3) is 0 Å². The molecule has 0 radical (unpaired) electrons. The van der Waals surface area contributed by atoms with Crippen LogP contribution in [0.3, 0.4) is 0 Å². The van der Waals surface area contributed by atoms with Gasteiger partial charge in [-0.1, -0.05) is 223 Å². The second-order valence-electron chi connectivity index (χ2n) is 19.2. The summed E-state index contributed by atoms with van der Waals surface area (Å²) in [7, 11) is 0. The predicted molar refractivity (Wildman–Crippen MR) is 288 cm³/mol. The van der Waals surface area contributed by atoms with Gasteiger partial charge in [-0.25, -0.2) is 0 Å². The number of allylic oxidation sites excluding steroid dienone is 10. The maximum absolute atomic E-state index is 12.8. The van der Waals surface area contributed by atoms with Crippen molar-refractivity contribution >= 4 is 17.9 Å². The van der Waals surface area contributed by atoms with Crippen molar-refractivity contribution < 1.29 is 28.6 Å². The highest BCUT2D eigenvalue weighted by atomic mass is 16.6. The van der Waals surface area contributed by atoms with Crippen molar-refractivity contribution in [3.05, 3.63) is 60.8 Å². The van der Waals surface area contributed by atoms with Gasteiger partial charge in [0, 0.05) is 19.3 Å². The average molecular weight is 938 g/mol. The fourth-order valence-corrected chi connectivity index (χ4v) is 8.09. The van der Waals surface area contributed by atoms with Crippen LogP contribution in [0.2, 0.25) is 0 Å². The molecule has 6 heteroatoms. The molecule has 0 fully saturated rings. The predicted octanol–water partition coefficient (Wildman–Crippen LogP) is 19.2. The molecule has 0 aliphatic heterocycles. The van der Waals surface area contributed by atoms with Crippen LogP contribution in [0.4, 0.5) is 0 Å². The standard InChI is InChI=1S/C61H108O6/c1-4-7-10-13-16-19-22-25-28-29-30-31-34-36-39-42-45-48-51-54-60(63)66-57-58(67-61(64)55-52-49-46-43-40-37-33-27-24-21-18-15-12-9-6-3)56-65-59(62)53-50-47-44-41-38-35-32-26-23-20-17-14-11-8-5-2/h16,18-19,21,25-28,32-33,58H,4-15,17,20,22-24,29-31,34-57H2,1-3H3/b19-16-,21-18-,28-25-,32-26-,33-27-/t58-/m1/s1. The smallest absolute Gasteiger partial charge is 0.306 e. The highest BCUT2D eigenvalue weighted by Gasteiger charge is 2.19. The molecule has 0 heterocycles. The van der Waals surface area contributed by atoms with E-state index in [4.69, 9.17) is 14.2 Å². The second-order valence-corrected chi connectivity index (χ2v) is 19.2. The normalized spacial score (nSPS) is 12.5. The lowest BCUT2D eigenvalue weighted by Crippen LogP contribution is -2.30. The molecular weight excluding hydrogens is 829 g/mol. The maximum atomic E-state index is 12.8. The topological polar surface area (TPSA) is 78.9 Å². The molecule has 0 aromatic heterocycles. The molecule has 0 aromatic carbocycles. The third-order valence-corrected chi connectivity index (χ3v) is 12.5. The van der Waals surface area contributed by atoms with Crippen LogP contribution in [0, 0.1) is 0 Å². The number of rotatable bonds is 52. The molecule has 1 atom stereocenters. The molecule has 0 saturated heterocycles. The number of carbonyl (C=O) groups excluding carboxylic acids is 3. The van der Waals surface area contributed by atoms with E-state index in [-0.39, 0.29) is 31.1 Å². The monoisotopic (exact) mass is 937 g/mol. The van der Waals surface area contributed by atoms with Gasteiger partial charge >= 0.3 is 17.9 Å². The van der Waals surface area contributed by atoms with E-state index in [1.807, 2.05) is 0 Å². The Hall–Kier alpha value is -2.89. The van der Waals surface area contributed by atoms with E-state index in [1.165, 1.54) is 154 Å². The van der Waals surface area contributed by atoms with E-state index < -0.39 is 6.10 Å². The van der Waals surface area contributed by atoms with E-state index in [0.717, 1.165) is 96.3 Å². The zero-order valence-electron chi connectivity index (χ0n) is 44.4. The van der Waals surface area contributed by atoms with Crippen molar-refractivity contribution in [1.29, 1.82) is 0 Å². The summed E-state index contributed by atoms with van der Waals surface area (Å²) in [5, 5.41) is 0. The first-order valence-electron chi connectivity index (χ1n) is 28.8. The third kappa shape index (κ3) is 53.9. The summed E-state index contributed by atoms with van der Waals surface area (Å²) in [5.74, 6) is -0.900. The summed E-state index contributed by atoms with van der Waals surface area (Å²) in [6.07, 6.45) is 69.2. The van der Waals surface area contributed by atoms with Gasteiger partial charge in [-0.3, -0.25) is 14.4 Å². The Morgan fingerprint density at radius 1 is 0.299 bits per heavy atom. The highest BCUT2D eigenvalue weighted by Crippen LogP contribution is 2.15. The Balaban J connectivity index is 4.39. The Bertz CT molecular complexity index is 1210. The summed E-state index contributed by atoms with van der Waals surface area (Å²) >= 11 is 0. The first-order chi connectivity index (χ1) is 33.0. The molecule has 6 nitrogen and oxygen atoms in total. The number of hydrogen-bond acceptors (Lipinski definition) is 6. The Labute approximate surface area is 415 Å². The van der Waals surface area contributed by atoms with E-state index in [9.17, 15) is 14.4 Å². The van der Waals surface area contributed by atoms with Crippen LogP contribution < -0.4 is 0 Å². The first kappa shape index (κ1) is 64.1. The lowest BCUT2D eigenvalue weighted by atomic mass is 10.1. The molecule has 67 heavy (non-hydrogen) atoms. The third-order valence-electron chi connectivity index (χ3n) is 12.5. The van der Waals surface area contributed by atoms with E-state index in [0.29, 0.717) is 19.3 Å². The van der Waals surface area contributed by atoms with Gasteiger partial charge in [0.25, 0.3) is 0 Å².